The molecule has 1 aliphatic carbocycles. The molecule has 0 spiro atoms. The standard InChI is InChI=1S/C19H20N8/c1-26-17(13-5-6-13)10-16(24-26)19-23-18(15-4-2-3-8-21-15)25-27(19)9-7-14-11-20-12-22-14/h2-4,8,10-13H,5-7,9H2,1H3,(H,20,22). The van der Waals surface area contributed by atoms with Crippen LogP contribution < -0.4 is 0 Å². The Bertz CT molecular complexity index is 1040. The molecule has 1 saturated carbocycles. The Morgan fingerprint density at radius 3 is 2.85 bits per heavy atom. The van der Waals surface area contributed by atoms with Gasteiger partial charge < -0.3 is 4.98 Å². The third-order valence-corrected chi connectivity index (χ3v) is 4.85. The molecule has 0 aliphatic heterocycles. The number of aromatic amines is 1. The van der Waals surface area contributed by atoms with Gasteiger partial charge in [0.15, 0.2) is 11.6 Å². The van der Waals surface area contributed by atoms with E-state index < -0.39 is 0 Å². The maximum atomic E-state index is 4.77. The van der Waals surface area contributed by atoms with Crippen LogP contribution in [0.15, 0.2) is 43.0 Å². The highest BCUT2D eigenvalue weighted by Crippen LogP contribution is 2.40. The fraction of sp³-hybridized carbons (Fsp3) is 0.316. The van der Waals surface area contributed by atoms with E-state index in [2.05, 4.69) is 21.0 Å². The third kappa shape index (κ3) is 3.14. The van der Waals surface area contributed by atoms with Gasteiger partial charge in [-0.15, -0.1) is 5.10 Å². The summed E-state index contributed by atoms with van der Waals surface area (Å²) in [6.45, 7) is 0.687. The molecule has 0 saturated heterocycles. The summed E-state index contributed by atoms with van der Waals surface area (Å²) < 4.78 is 3.89. The SMILES string of the molecule is Cn1nc(-c2nc(-c3ccccn3)nn2CCc2cnc[nH]2)cc1C1CC1. The van der Waals surface area contributed by atoms with Crippen LogP contribution in [0.5, 0.6) is 0 Å². The zero-order valence-corrected chi connectivity index (χ0v) is 15.1. The van der Waals surface area contributed by atoms with Gasteiger partial charge in [-0.1, -0.05) is 6.07 Å². The molecule has 4 aromatic rings. The predicted octanol–water partition coefficient (Wildman–Crippen LogP) is 2.58. The van der Waals surface area contributed by atoms with Gasteiger partial charge in [-0.05, 0) is 31.0 Å². The topological polar surface area (TPSA) is 90.1 Å². The number of hydrogen-bond acceptors (Lipinski definition) is 5. The van der Waals surface area contributed by atoms with Crippen molar-refractivity contribution < 1.29 is 0 Å². The van der Waals surface area contributed by atoms with Crippen molar-refractivity contribution in [2.75, 3.05) is 0 Å². The molecule has 136 valence electrons. The summed E-state index contributed by atoms with van der Waals surface area (Å²) in [4.78, 5) is 16.4. The van der Waals surface area contributed by atoms with Crippen molar-refractivity contribution in [3.8, 4) is 23.0 Å². The van der Waals surface area contributed by atoms with Crippen LogP contribution in [0.2, 0.25) is 0 Å². The summed E-state index contributed by atoms with van der Waals surface area (Å²) in [6, 6.07) is 7.91. The van der Waals surface area contributed by atoms with Gasteiger partial charge in [0.2, 0.25) is 0 Å². The van der Waals surface area contributed by atoms with Gasteiger partial charge in [0.25, 0.3) is 0 Å². The first-order valence-corrected chi connectivity index (χ1v) is 9.16. The molecule has 0 aromatic carbocycles. The van der Waals surface area contributed by atoms with Crippen molar-refractivity contribution in [1.29, 1.82) is 0 Å². The van der Waals surface area contributed by atoms with E-state index in [9.17, 15) is 0 Å². The van der Waals surface area contributed by atoms with Crippen LogP contribution in [0.25, 0.3) is 23.0 Å². The highest BCUT2D eigenvalue weighted by atomic mass is 15.4. The second-order valence-corrected chi connectivity index (χ2v) is 6.88. The largest absolute Gasteiger partial charge is 0.348 e. The Morgan fingerprint density at radius 1 is 1.19 bits per heavy atom. The minimum absolute atomic E-state index is 0.619. The van der Waals surface area contributed by atoms with Crippen LogP contribution in [0.3, 0.4) is 0 Å². The molecule has 4 aromatic heterocycles. The van der Waals surface area contributed by atoms with Crippen molar-refractivity contribution in [3.63, 3.8) is 0 Å². The molecule has 8 nitrogen and oxygen atoms in total. The minimum atomic E-state index is 0.619. The van der Waals surface area contributed by atoms with E-state index in [4.69, 9.17) is 15.2 Å². The number of hydrogen-bond donors (Lipinski definition) is 1. The molecule has 0 unspecified atom stereocenters. The molecule has 0 bridgehead atoms. The molecule has 5 rings (SSSR count). The molecular formula is C19H20N8. The van der Waals surface area contributed by atoms with Crippen LogP contribution in [0, 0.1) is 0 Å². The van der Waals surface area contributed by atoms with Crippen molar-refractivity contribution >= 4 is 0 Å². The normalized spacial score (nSPS) is 14.0. The number of aromatic nitrogens is 8. The fourth-order valence-corrected chi connectivity index (χ4v) is 3.29. The molecule has 1 N–H and O–H groups in total. The van der Waals surface area contributed by atoms with Gasteiger partial charge in [0, 0.05) is 49.7 Å². The second kappa shape index (κ2) is 6.46. The van der Waals surface area contributed by atoms with Gasteiger partial charge in [-0.25, -0.2) is 14.6 Å². The molecule has 0 radical (unpaired) electrons. The van der Waals surface area contributed by atoms with E-state index >= 15 is 0 Å². The molecule has 1 fully saturated rings. The third-order valence-electron chi connectivity index (χ3n) is 4.85. The molecule has 0 amide bonds. The summed E-state index contributed by atoms with van der Waals surface area (Å²) in [5.74, 6) is 2.03. The zero-order valence-electron chi connectivity index (χ0n) is 15.1. The quantitative estimate of drug-likeness (QED) is 0.571. The van der Waals surface area contributed by atoms with Crippen LogP contribution in [-0.4, -0.2) is 39.5 Å². The Kier molecular flexibility index (Phi) is 3.81. The molecule has 0 atom stereocenters. The lowest BCUT2D eigenvalue weighted by molar-refractivity contribution is 0.613. The maximum Gasteiger partial charge on any atom is 0.200 e. The smallest absolute Gasteiger partial charge is 0.200 e. The average molecular weight is 360 g/mol. The second-order valence-electron chi connectivity index (χ2n) is 6.88. The summed E-state index contributed by atoms with van der Waals surface area (Å²) in [5, 5.41) is 9.42. The lowest BCUT2D eigenvalue weighted by atomic mass is 10.2. The zero-order chi connectivity index (χ0) is 18.2. The first-order chi connectivity index (χ1) is 13.3. The fourth-order valence-electron chi connectivity index (χ4n) is 3.29. The van der Waals surface area contributed by atoms with Crippen LogP contribution in [-0.2, 0) is 20.0 Å². The average Bonchev–Trinajstić information content (AvgIpc) is 3.09. The van der Waals surface area contributed by atoms with Crippen molar-refractivity contribution in [3.05, 3.63) is 54.4 Å². The van der Waals surface area contributed by atoms with Crippen LogP contribution in [0.1, 0.15) is 30.1 Å². The lowest BCUT2D eigenvalue weighted by Gasteiger charge is -2.02. The highest BCUT2D eigenvalue weighted by Gasteiger charge is 2.28. The van der Waals surface area contributed by atoms with E-state index in [1.54, 1.807) is 12.5 Å². The van der Waals surface area contributed by atoms with Crippen molar-refractivity contribution in [2.45, 2.75) is 31.7 Å². The van der Waals surface area contributed by atoms with Crippen LogP contribution >= 0.6 is 0 Å². The summed E-state index contributed by atoms with van der Waals surface area (Å²) in [7, 11) is 2.00. The number of pyridine rings is 1. The van der Waals surface area contributed by atoms with E-state index in [0.29, 0.717) is 18.3 Å². The van der Waals surface area contributed by atoms with Gasteiger partial charge in [-0.2, -0.15) is 5.10 Å². The monoisotopic (exact) mass is 360 g/mol. The van der Waals surface area contributed by atoms with E-state index in [1.807, 2.05) is 40.8 Å². The molecule has 1 aliphatic rings. The molecular weight excluding hydrogens is 340 g/mol. The Hall–Kier alpha value is -3.29. The predicted molar refractivity (Wildman–Crippen MR) is 99.7 cm³/mol. The lowest BCUT2D eigenvalue weighted by Crippen LogP contribution is -2.06. The van der Waals surface area contributed by atoms with Gasteiger partial charge in [0.1, 0.15) is 11.4 Å². The van der Waals surface area contributed by atoms with Gasteiger partial charge in [-0.3, -0.25) is 9.67 Å². The van der Waals surface area contributed by atoms with Gasteiger partial charge >= 0.3 is 0 Å². The maximum absolute atomic E-state index is 4.77. The minimum Gasteiger partial charge on any atom is -0.348 e. The molecule has 8 heteroatoms. The van der Waals surface area contributed by atoms with E-state index in [-0.39, 0.29) is 0 Å². The van der Waals surface area contributed by atoms with Crippen LogP contribution in [0.4, 0.5) is 0 Å². The number of aryl methyl sites for hydroxylation is 3. The summed E-state index contributed by atoms with van der Waals surface area (Å²) in [6.07, 6.45) is 8.56. The summed E-state index contributed by atoms with van der Waals surface area (Å²) >= 11 is 0. The number of imidazole rings is 1. The molecule has 4 heterocycles. The highest BCUT2D eigenvalue weighted by molar-refractivity contribution is 5.57. The Balaban J connectivity index is 1.53. The molecule has 27 heavy (non-hydrogen) atoms. The van der Waals surface area contributed by atoms with Crippen molar-refractivity contribution in [1.82, 2.24) is 39.5 Å². The number of nitrogens with one attached hydrogen (secondary N) is 1. The number of nitrogens with zero attached hydrogens (tertiary/aromatic N) is 7. The first-order valence-electron chi connectivity index (χ1n) is 9.16. The van der Waals surface area contributed by atoms with Gasteiger partial charge in [0.05, 0.1) is 6.33 Å². The van der Waals surface area contributed by atoms with Crippen molar-refractivity contribution in [2.24, 2.45) is 7.05 Å². The van der Waals surface area contributed by atoms with E-state index in [0.717, 1.165) is 29.3 Å². The number of rotatable bonds is 6. The van der Waals surface area contributed by atoms with E-state index in [1.165, 1.54) is 18.5 Å². The number of H-pyrrole nitrogens is 1. The Morgan fingerprint density at radius 2 is 2.11 bits per heavy atom. The first kappa shape index (κ1) is 15.9. The summed E-state index contributed by atoms with van der Waals surface area (Å²) in [5.41, 5.74) is 3.96. The Labute approximate surface area is 156 Å².